The summed E-state index contributed by atoms with van der Waals surface area (Å²) in [4.78, 5) is 28.4. The summed E-state index contributed by atoms with van der Waals surface area (Å²) < 4.78 is 31.0. The Bertz CT molecular complexity index is 1160. The van der Waals surface area contributed by atoms with Gasteiger partial charge in [-0.05, 0) is 32.4 Å². The number of nitrogens with zero attached hydrogens (tertiary/aromatic N) is 4. The number of anilines is 1. The Morgan fingerprint density at radius 1 is 1.28 bits per heavy atom. The summed E-state index contributed by atoms with van der Waals surface area (Å²) in [5.41, 5.74) is 3.29. The van der Waals surface area contributed by atoms with Crippen LogP contribution in [0.4, 0.5) is 5.69 Å². The van der Waals surface area contributed by atoms with Gasteiger partial charge in [0.2, 0.25) is 5.91 Å². The zero-order chi connectivity index (χ0) is 23.0. The van der Waals surface area contributed by atoms with Gasteiger partial charge in [0.25, 0.3) is 5.91 Å². The molecule has 2 aliphatic heterocycles. The normalized spacial score (nSPS) is 19.5. The largest absolute Gasteiger partial charge is 0.482 e. The number of para-hydroxylation sites is 2. The second-order valence-corrected chi connectivity index (χ2v) is 10.7. The fourth-order valence-electron chi connectivity index (χ4n) is 4.37. The van der Waals surface area contributed by atoms with Crippen LogP contribution in [0.15, 0.2) is 24.3 Å². The van der Waals surface area contributed by atoms with E-state index in [9.17, 15) is 18.0 Å². The number of hydrogen-bond donors (Lipinski definition) is 0. The summed E-state index contributed by atoms with van der Waals surface area (Å²) in [5, 5.41) is 4.57. The molecule has 0 aliphatic carbocycles. The molecule has 0 unspecified atom stereocenters. The van der Waals surface area contributed by atoms with Gasteiger partial charge in [0.15, 0.2) is 16.4 Å². The van der Waals surface area contributed by atoms with Crippen LogP contribution in [0, 0.1) is 13.8 Å². The SMILES string of the molecule is Cc1nn([C@H]2CCS(=O)(=O)C2)c(C)c1CN(C)C(=O)CCN1C(=O)COc2ccccc21. The van der Waals surface area contributed by atoms with E-state index >= 15 is 0 Å². The van der Waals surface area contributed by atoms with Crippen molar-refractivity contribution in [2.75, 3.05) is 36.6 Å². The molecule has 2 aromatic rings. The van der Waals surface area contributed by atoms with Gasteiger partial charge in [0.1, 0.15) is 5.75 Å². The quantitative estimate of drug-likeness (QED) is 0.649. The maximum atomic E-state index is 12.8. The lowest BCUT2D eigenvalue weighted by Crippen LogP contribution is -2.41. The van der Waals surface area contributed by atoms with Gasteiger partial charge in [0, 0.05) is 37.8 Å². The molecule has 0 spiro atoms. The van der Waals surface area contributed by atoms with E-state index in [4.69, 9.17) is 4.74 Å². The highest BCUT2D eigenvalue weighted by Gasteiger charge is 2.32. The molecule has 1 saturated heterocycles. The van der Waals surface area contributed by atoms with Gasteiger partial charge < -0.3 is 14.5 Å². The predicted molar refractivity (Wildman–Crippen MR) is 119 cm³/mol. The lowest BCUT2D eigenvalue weighted by molar-refractivity contribution is -0.130. The molecule has 9 nitrogen and oxygen atoms in total. The van der Waals surface area contributed by atoms with E-state index in [0.717, 1.165) is 17.0 Å². The van der Waals surface area contributed by atoms with E-state index in [1.165, 1.54) is 0 Å². The van der Waals surface area contributed by atoms with E-state index < -0.39 is 9.84 Å². The minimum atomic E-state index is -3.01. The molecule has 2 aliphatic rings. The Balaban J connectivity index is 1.41. The van der Waals surface area contributed by atoms with E-state index in [0.29, 0.717) is 24.4 Å². The predicted octanol–water partition coefficient (Wildman–Crippen LogP) is 1.63. The zero-order valence-corrected chi connectivity index (χ0v) is 19.4. The molecule has 1 aromatic heterocycles. The van der Waals surface area contributed by atoms with Crippen LogP contribution >= 0.6 is 0 Å². The van der Waals surface area contributed by atoms with E-state index in [-0.39, 0.29) is 48.9 Å². The van der Waals surface area contributed by atoms with Crippen LogP contribution in [0.3, 0.4) is 0 Å². The number of carbonyl (C=O) groups is 2. The number of rotatable bonds is 6. The van der Waals surface area contributed by atoms with Crippen molar-refractivity contribution in [3.05, 3.63) is 41.2 Å². The average molecular weight is 461 g/mol. The van der Waals surface area contributed by atoms with Crippen molar-refractivity contribution >= 4 is 27.3 Å². The second kappa shape index (κ2) is 8.57. The Morgan fingerprint density at radius 3 is 2.75 bits per heavy atom. The van der Waals surface area contributed by atoms with Crippen molar-refractivity contribution in [2.24, 2.45) is 0 Å². The topological polar surface area (TPSA) is 102 Å². The first kappa shape index (κ1) is 22.3. The number of aryl methyl sites for hydroxylation is 1. The zero-order valence-electron chi connectivity index (χ0n) is 18.6. The smallest absolute Gasteiger partial charge is 0.265 e. The van der Waals surface area contributed by atoms with Crippen molar-refractivity contribution in [2.45, 2.75) is 39.3 Å². The molecule has 172 valence electrons. The Labute approximate surface area is 187 Å². The maximum Gasteiger partial charge on any atom is 0.265 e. The number of carbonyl (C=O) groups excluding carboxylic acids is 2. The number of hydrogen-bond acceptors (Lipinski definition) is 6. The van der Waals surface area contributed by atoms with Crippen LogP contribution in [-0.4, -0.2) is 66.6 Å². The minimum absolute atomic E-state index is 0.0322. The molecule has 3 heterocycles. The summed E-state index contributed by atoms with van der Waals surface area (Å²) in [7, 11) is -1.28. The van der Waals surface area contributed by atoms with E-state index in [2.05, 4.69) is 5.10 Å². The van der Waals surface area contributed by atoms with E-state index in [1.807, 2.05) is 38.1 Å². The molecule has 0 N–H and O–H groups in total. The summed E-state index contributed by atoms with van der Waals surface area (Å²) in [6.45, 7) is 4.42. The lowest BCUT2D eigenvalue weighted by atomic mass is 10.1. The fourth-order valence-corrected chi connectivity index (χ4v) is 6.06. The summed E-state index contributed by atoms with van der Waals surface area (Å²) >= 11 is 0. The number of sulfone groups is 1. The number of ether oxygens (including phenoxy) is 1. The monoisotopic (exact) mass is 460 g/mol. The molecule has 10 heteroatoms. The number of amides is 2. The third-order valence-corrected chi connectivity index (χ3v) is 7.96. The second-order valence-electron chi connectivity index (χ2n) is 8.45. The molecule has 1 atom stereocenters. The first-order valence-electron chi connectivity index (χ1n) is 10.7. The molecule has 0 radical (unpaired) electrons. The van der Waals surface area contributed by atoms with Gasteiger partial charge in [-0.3, -0.25) is 14.3 Å². The molecule has 0 saturated carbocycles. The fraction of sp³-hybridized carbons (Fsp3) is 0.500. The molecule has 32 heavy (non-hydrogen) atoms. The standard InChI is InChI=1S/C22H28N4O5S/c1-15-18(16(2)26(23-15)17-9-11-32(29,30)14-17)12-24(3)21(27)8-10-25-19-6-4-5-7-20(19)31-13-22(25)28/h4-7,17H,8-14H2,1-3H3/t17-/m0/s1. The van der Waals surface area contributed by atoms with Gasteiger partial charge in [-0.2, -0.15) is 5.10 Å². The minimum Gasteiger partial charge on any atom is -0.482 e. The van der Waals surface area contributed by atoms with Crippen molar-refractivity contribution in [1.82, 2.24) is 14.7 Å². The summed E-state index contributed by atoms with van der Waals surface area (Å²) in [6.07, 6.45) is 0.747. The van der Waals surface area contributed by atoms with Gasteiger partial charge >= 0.3 is 0 Å². The van der Waals surface area contributed by atoms with Crippen LogP contribution in [0.2, 0.25) is 0 Å². The highest BCUT2D eigenvalue weighted by molar-refractivity contribution is 7.91. The molecule has 1 fully saturated rings. The first-order valence-corrected chi connectivity index (χ1v) is 12.5. The molecule has 1 aromatic carbocycles. The van der Waals surface area contributed by atoms with E-state index in [1.54, 1.807) is 21.5 Å². The number of benzene rings is 1. The molecular formula is C22H28N4O5S. The van der Waals surface area contributed by atoms with Crippen molar-refractivity contribution in [1.29, 1.82) is 0 Å². The Morgan fingerprint density at radius 2 is 2.03 bits per heavy atom. The van der Waals surface area contributed by atoms with Crippen LogP contribution in [0.1, 0.15) is 35.8 Å². The van der Waals surface area contributed by atoms with Crippen LogP contribution in [0.5, 0.6) is 5.75 Å². The molecular weight excluding hydrogens is 432 g/mol. The third-order valence-electron chi connectivity index (χ3n) is 6.21. The third kappa shape index (κ3) is 4.36. The highest BCUT2D eigenvalue weighted by atomic mass is 32.2. The number of fused-ring (bicyclic) bond motifs is 1. The lowest BCUT2D eigenvalue weighted by Gasteiger charge is -2.29. The first-order chi connectivity index (χ1) is 15.2. The van der Waals surface area contributed by atoms with Crippen molar-refractivity contribution in [3.63, 3.8) is 0 Å². The van der Waals surface area contributed by atoms with Crippen LogP contribution < -0.4 is 9.64 Å². The average Bonchev–Trinajstić information content (AvgIpc) is 3.26. The van der Waals surface area contributed by atoms with Gasteiger partial charge in [-0.1, -0.05) is 12.1 Å². The number of aromatic nitrogens is 2. The van der Waals surface area contributed by atoms with Gasteiger partial charge in [0.05, 0.1) is 28.9 Å². The summed E-state index contributed by atoms with van der Waals surface area (Å²) in [5.74, 6) is 0.682. The van der Waals surface area contributed by atoms with Crippen LogP contribution in [-0.2, 0) is 26.0 Å². The highest BCUT2D eigenvalue weighted by Crippen LogP contribution is 2.31. The summed E-state index contributed by atoms with van der Waals surface area (Å²) in [6, 6.07) is 7.14. The van der Waals surface area contributed by atoms with Crippen molar-refractivity contribution in [3.8, 4) is 5.75 Å². The molecule has 2 amide bonds. The van der Waals surface area contributed by atoms with Gasteiger partial charge in [-0.25, -0.2) is 8.42 Å². The maximum absolute atomic E-state index is 12.8. The van der Waals surface area contributed by atoms with Crippen LogP contribution in [0.25, 0.3) is 0 Å². The Kier molecular flexibility index (Phi) is 5.98. The molecule has 0 bridgehead atoms. The van der Waals surface area contributed by atoms with Gasteiger partial charge in [-0.15, -0.1) is 0 Å². The molecule has 4 rings (SSSR count). The van der Waals surface area contributed by atoms with Crippen molar-refractivity contribution < 1.29 is 22.7 Å². The Hall–Kier alpha value is -2.88.